The highest BCUT2D eigenvalue weighted by molar-refractivity contribution is 5.76. The van der Waals surface area contributed by atoms with Crippen molar-refractivity contribution in [2.24, 2.45) is 11.8 Å². The first-order valence-electron chi connectivity index (χ1n) is 8.95. The fourth-order valence-electron chi connectivity index (χ4n) is 4.06. The van der Waals surface area contributed by atoms with Crippen molar-refractivity contribution < 1.29 is 4.79 Å². The Balaban J connectivity index is 1.74. The maximum Gasteiger partial charge on any atom is 0.222 e. The van der Waals surface area contributed by atoms with Gasteiger partial charge in [-0.3, -0.25) is 4.79 Å². The molecule has 0 radical (unpaired) electrons. The lowest BCUT2D eigenvalue weighted by Gasteiger charge is -2.35. The standard InChI is InChI=1S/C19H28N4O/c1-12-8-13(2)11-22(10-12)19(24)7-6-17-15(4)20-18-9-14(3)21-23(18)16(17)5/h9,12-13H,6-8,10-11H2,1-5H3. The van der Waals surface area contributed by atoms with Crippen LogP contribution in [0.5, 0.6) is 0 Å². The third-order valence-corrected chi connectivity index (χ3v) is 5.10. The van der Waals surface area contributed by atoms with Gasteiger partial charge in [0.25, 0.3) is 0 Å². The Labute approximate surface area is 144 Å². The van der Waals surface area contributed by atoms with E-state index in [1.165, 1.54) is 6.42 Å². The number of carbonyl (C=O) groups is 1. The molecule has 2 aromatic rings. The molecule has 5 nitrogen and oxygen atoms in total. The number of amides is 1. The molecule has 1 aliphatic rings. The Morgan fingerprint density at radius 2 is 1.88 bits per heavy atom. The van der Waals surface area contributed by atoms with Crippen LogP contribution in [0.4, 0.5) is 0 Å². The van der Waals surface area contributed by atoms with Gasteiger partial charge in [0.2, 0.25) is 5.91 Å². The smallest absolute Gasteiger partial charge is 0.222 e. The number of piperidine rings is 1. The van der Waals surface area contributed by atoms with Crippen LogP contribution in [-0.2, 0) is 11.2 Å². The molecule has 5 heteroatoms. The molecular weight excluding hydrogens is 300 g/mol. The van der Waals surface area contributed by atoms with E-state index in [4.69, 9.17) is 0 Å². The highest BCUT2D eigenvalue weighted by Gasteiger charge is 2.25. The van der Waals surface area contributed by atoms with Crippen LogP contribution in [0.15, 0.2) is 6.07 Å². The number of carbonyl (C=O) groups excluding carboxylic acids is 1. The summed E-state index contributed by atoms with van der Waals surface area (Å²) in [5, 5.41) is 4.51. The lowest BCUT2D eigenvalue weighted by molar-refractivity contribution is -0.133. The Hall–Kier alpha value is -1.91. The van der Waals surface area contributed by atoms with Crippen molar-refractivity contribution in [3.8, 4) is 0 Å². The molecule has 1 fully saturated rings. The van der Waals surface area contributed by atoms with Crippen molar-refractivity contribution in [3.63, 3.8) is 0 Å². The summed E-state index contributed by atoms with van der Waals surface area (Å²) >= 11 is 0. The molecule has 2 unspecified atom stereocenters. The van der Waals surface area contributed by atoms with Gasteiger partial charge in [0.15, 0.2) is 5.65 Å². The van der Waals surface area contributed by atoms with Gasteiger partial charge in [0.05, 0.1) is 5.69 Å². The van der Waals surface area contributed by atoms with Crippen LogP contribution in [-0.4, -0.2) is 38.5 Å². The molecule has 0 aromatic carbocycles. The summed E-state index contributed by atoms with van der Waals surface area (Å²) in [5.41, 5.74) is 5.11. The summed E-state index contributed by atoms with van der Waals surface area (Å²) in [6.45, 7) is 12.3. The zero-order valence-corrected chi connectivity index (χ0v) is 15.5. The number of rotatable bonds is 3. The number of aryl methyl sites for hydroxylation is 3. The SMILES string of the molecule is Cc1cc2nc(C)c(CCC(=O)N3CC(C)CC(C)C3)c(C)n2n1. The molecule has 0 bridgehead atoms. The monoisotopic (exact) mass is 328 g/mol. The Morgan fingerprint density at radius 1 is 1.21 bits per heavy atom. The lowest BCUT2D eigenvalue weighted by atomic mass is 9.91. The maximum absolute atomic E-state index is 12.6. The summed E-state index contributed by atoms with van der Waals surface area (Å²) in [7, 11) is 0. The first kappa shape index (κ1) is 16.9. The van der Waals surface area contributed by atoms with E-state index in [-0.39, 0.29) is 5.91 Å². The van der Waals surface area contributed by atoms with E-state index in [9.17, 15) is 4.79 Å². The van der Waals surface area contributed by atoms with E-state index < -0.39 is 0 Å². The molecule has 0 aliphatic carbocycles. The van der Waals surface area contributed by atoms with Crippen LogP contribution in [0.1, 0.15) is 49.3 Å². The van der Waals surface area contributed by atoms with Gasteiger partial charge in [-0.05, 0) is 51.0 Å². The number of hydrogen-bond acceptors (Lipinski definition) is 3. The second-order valence-corrected chi connectivity index (χ2v) is 7.56. The third kappa shape index (κ3) is 3.30. The van der Waals surface area contributed by atoms with Gasteiger partial charge in [-0.1, -0.05) is 13.8 Å². The molecule has 0 N–H and O–H groups in total. The summed E-state index contributed by atoms with van der Waals surface area (Å²) in [4.78, 5) is 19.3. The minimum Gasteiger partial charge on any atom is -0.342 e. The zero-order chi connectivity index (χ0) is 17.4. The van der Waals surface area contributed by atoms with Crippen molar-refractivity contribution in [1.82, 2.24) is 19.5 Å². The van der Waals surface area contributed by atoms with Crippen molar-refractivity contribution in [1.29, 1.82) is 0 Å². The highest BCUT2D eigenvalue weighted by Crippen LogP contribution is 2.22. The Bertz CT molecular complexity index is 754. The molecule has 3 heterocycles. The van der Waals surface area contributed by atoms with Gasteiger partial charge in [-0.25, -0.2) is 9.50 Å². The van der Waals surface area contributed by atoms with Crippen LogP contribution in [0.2, 0.25) is 0 Å². The second kappa shape index (κ2) is 6.54. The molecule has 0 saturated carbocycles. The van der Waals surface area contributed by atoms with Crippen molar-refractivity contribution >= 4 is 11.6 Å². The summed E-state index contributed by atoms with van der Waals surface area (Å²) in [6.07, 6.45) is 2.51. The normalized spacial score (nSPS) is 21.5. The van der Waals surface area contributed by atoms with Crippen LogP contribution in [0, 0.1) is 32.6 Å². The van der Waals surface area contributed by atoms with E-state index in [2.05, 4.69) is 30.9 Å². The predicted octanol–water partition coefficient (Wildman–Crippen LogP) is 3.09. The number of hydrogen-bond donors (Lipinski definition) is 0. The molecule has 1 amide bonds. The van der Waals surface area contributed by atoms with E-state index >= 15 is 0 Å². The van der Waals surface area contributed by atoms with Crippen LogP contribution in [0.3, 0.4) is 0 Å². The topological polar surface area (TPSA) is 50.5 Å². The fraction of sp³-hybridized carbons (Fsp3) is 0.632. The zero-order valence-electron chi connectivity index (χ0n) is 15.5. The van der Waals surface area contributed by atoms with Gasteiger partial charge < -0.3 is 4.90 Å². The number of nitrogens with zero attached hydrogens (tertiary/aromatic N) is 4. The molecule has 1 aliphatic heterocycles. The number of likely N-dealkylation sites (tertiary alicyclic amines) is 1. The lowest BCUT2D eigenvalue weighted by Crippen LogP contribution is -2.42. The van der Waals surface area contributed by atoms with E-state index in [0.717, 1.165) is 47.8 Å². The quantitative estimate of drug-likeness (QED) is 0.870. The van der Waals surface area contributed by atoms with E-state index in [0.29, 0.717) is 18.3 Å². The molecule has 2 atom stereocenters. The predicted molar refractivity (Wildman–Crippen MR) is 95.0 cm³/mol. The van der Waals surface area contributed by atoms with Crippen LogP contribution >= 0.6 is 0 Å². The van der Waals surface area contributed by atoms with Crippen LogP contribution in [0.25, 0.3) is 5.65 Å². The third-order valence-electron chi connectivity index (χ3n) is 5.10. The maximum atomic E-state index is 12.6. The minimum atomic E-state index is 0.268. The largest absolute Gasteiger partial charge is 0.342 e. The van der Waals surface area contributed by atoms with Crippen molar-refractivity contribution in [3.05, 3.63) is 28.7 Å². The van der Waals surface area contributed by atoms with Gasteiger partial charge in [0, 0.05) is 37.0 Å². The summed E-state index contributed by atoms with van der Waals surface area (Å²) in [6, 6.07) is 1.99. The van der Waals surface area contributed by atoms with Gasteiger partial charge in [0.1, 0.15) is 0 Å². The molecule has 0 spiro atoms. The first-order valence-corrected chi connectivity index (χ1v) is 8.95. The van der Waals surface area contributed by atoms with Crippen LogP contribution < -0.4 is 0 Å². The summed E-state index contributed by atoms with van der Waals surface area (Å²) in [5.74, 6) is 1.47. The van der Waals surface area contributed by atoms with Crippen molar-refractivity contribution in [2.75, 3.05) is 13.1 Å². The number of fused-ring (bicyclic) bond motifs is 1. The first-order chi connectivity index (χ1) is 11.3. The van der Waals surface area contributed by atoms with Gasteiger partial charge in [-0.2, -0.15) is 5.10 Å². The average molecular weight is 328 g/mol. The molecule has 3 rings (SSSR count). The highest BCUT2D eigenvalue weighted by atomic mass is 16.2. The second-order valence-electron chi connectivity index (χ2n) is 7.56. The molecule has 130 valence electrons. The Morgan fingerprint density at radius 3 is 2.54 bits per heavy atom. The molecule has 24 heavy (non-hydrogen) atoms. The molecular formula is C19H28N4O. The average Bonchev–Trinajstić information content (AvgIpc) is 2.86. The summed E-state index contributed by atoms with van der Waals surface area (Å²) < 4.78 is 1.90. The number of aromatic nitrogens is 3. The molecule has 2 aromatic heterocycles. The van der Waals surface area contributed by atoms with E-state index in [1.807, 2.05) is 29.3 Å². The van der Waals surface area contributed by atoms with Gasteiger partial charge >= 0.3 is 0 Å². The van der Waals surface area contributed by atoms with Gasteiger partial charge in [-0.15, -0.1) is 0 Å². The van der Waals surface area contributed by atoms with Crippen molar-refractivity contribution in [2.45, 2.75) is 53.9 Å². The van der Waals surface area contributed by atoms with E-state index in [1.54, 1.807) is 0 Å². The fourth-order valence-corrected chi connectivity index (χ4v) is 4.06. The minimum absolute atomic E-state index is 0.268. The Kier molecular flexibility index (Phi) is 4.61. The molecule has 1 saturated heterocycles.